The Hall–Kier alpha value is -1.65. The number of pyridine rings is 1. The molecule has 0 radical (unpaired) electrons. The van der Waals surface area contributed by atoms with Crippen molar-refractivity contribution in [2.24, 2.45) is 0 Å². The molecule has 5 heteroatoms. The lowest BCUT2D eigenvalue weighted by molar-refractivity contribution is 1.04. The first-order valence-electron chi connectivity index (χ1n) is 5.91. The molecule has 0 amide bonds. The van der Waals surface area contributed by atoms with Gasteiger partial charge in [-0.05, 0) is 55.4 Å². The fraction of sp³-hybridized carbons (Fsp3) is 0.143. The average Bonchev–Trinajstić information content (AvgIpc) is 2.70. The van der Waals surface area contributed by atoms with E-state index in [0.29, 0.717) is 9.79 Å². The van der Waals surface area contributed by atoms with E-state index in [9.17, 15) is 0 Å². The summed E-state index contributed by atoms with van der Waals surface area (Å²) in [7, 11) is 0. The quantitative estimate of drug-likeness (QED) is 0.676. The zero-order chi connectivity index (χ0) is 13.6. The SMILES string of the molecule is Cc1ccc(Cl)c(-n2c(=S)[nH]c3c(C)ccnc32)c1. The molecule has 0 fully saturated rings. The molecule has 0 atom stereocenters. The number of aromatic nitrogens is 3. The van der Waals surface area contributed by atoms with Crippen molar-refractivity contribution in [2.45, 2.75) is 13.8 Å². The van der Waals surface area contributed by atoms with Crippen molar-refractivity contribution in [1.82, 2.24) is 14.5 Å². The second-order valence-electron chi connectivity index (χ2n) is 4.55. The molecule has 0 aliphatic heterocycles. The van der Waals surface area contributed by atoms with Gasteiger partial charge in [-0.25, -0.2) is 4.98 Å². The first-order valence-corrected chi connectivity index (χ1v) is 6.69. The molecule has 0 spiro atoms. The smallest absolute Gasteiger partial charge is 0.184 e. The highest BCUT2D eigenvalue weighted by atomic mass is 35.5. The molecule has 19 heavy (non-hydrogen) atoms. The second-order valence-corrected chi connectivity index (χ2v) is 5.34. The third-order valence-corrected chi connectivity index (χ3v) is 3.73. The Kier molecular flexibility index (Phi) is 2.92. The number of halogens is 1. The van der Waals surface area contributed by atoms with Gasteiger partial charge in [-0.1, -0.05) is 17.7 Å². The number of nitrogens with one attached hydrogen (secondary N) is 1. The van der Waals surface area contributed by atoms with Crippen LogP contribution in [0.25, 0.3) is 16.9 Å². The predicted octanol–water partition coefficient (Wildman–Crippen LogP) is 4.35. The Morgan fingerprint density at radius 1 is 1.26 bits per heavy atom. The zero-order valence-corrected chi connectivity index (χ0v) is 12.1. The van der Waals surface area contributed by atoms with Crippen LogP contribution in [0.15, 0.2) is 30.5 Å². The Bertz CT molecular complexity index is 832. The Balaban J connectivity index is 2.43. The fourth-order valence-electron chi connectivity index (χ4n) is 2.14. The number of fused-ring (bicyclic) bond motifs is 1. The van der Waals surface area contributed by atoms with E-state index in [1.165, 1.54) is 0 Å². The molecule has 0 saturated carbocycles. The van der Waals surface area contributed by atoms with Gasteiger partial charge in [0.15, 0.2) is 10.4 Å². The molecular formula is C14H12ClN3S. The molecule has 0 unspecified atom stereocenters. The van der Waals surface area contributed by atoms with E-state index in [0.717, 1.165) is 28.0 Å². The molecule has 0 saturated heterocycles. The summed E-state index contributed by atoms with van der Waals surface area (Å²) in [5.74, 6) is 0. The van der Waals surface area contributed by atoms with E-state index in [1.54, 1.807) is 6.20 Å². The van der Waals surface area contributed by atoms with E-state index in [1.807, 2.05) is 42.7 Å². The number of benzene rings is 1. The maximum Gasteiger partial charge on any atom is 0.184 e. The van der Waals surface area contributed by atoms with Crippen molar-refractivity contribution in [3.8, 4) is 5.69 Å². The normalized spacial score (nSPS) is 11.1. The van der Waals surface area contributed by atoms with Gasteiger partial charge in [-0.15, -0.1) is 0 Å². The van der Waals surface area contributed by atoms with Gasteiger partial charge < -0.3 is 4.98 Å². The van der Waals surface area contributed by atoms with Gasteiger partial charge >= 0.3 is 0 Å². The van der Waals surface area contributed by atoms with Gasteiger partial charge in [-0.3, -0.25) is 4.57 Å². The minimum atomic E-state index is 0.601. The number of hydrogen-bond donors (Lipinski definition) is 1. The van der Waals surface area contributed by atoms with E-state index in [4.69, 9.17) is 23.8 Å². The highest BCUT2D eigenvalue weighted by molar-refractivity contribution is 7.71. The summed E-state index contributed by atoms with van der Waals surface area (Å²) >= 11 is 11.7. The molecule has 0 aliphatic rings. The van der Waals surface area contributed by atoms with E-state index in [2.05, 4.69) is 9.97 Å². The Labute approximate surface area is 120 Å². The summed E-state index contributed by atoms with van der Waals surface area (Å²) in [6, 6.07) is 7.82. The van der Waals surface area contributed by atoms with Crippen LogP contribution in [-0.2, 0) is 0 Å². The maximum atomic E-state index is 6.29. The van der Waals surface area contributed by atoms with E-state index in [-0.39, 0.29) is 0 Å². The van der Waals surface area contributed by atoms with Crippen molar-refractivity contribution in [1.29, 1.82) is 0 Å². The topological polar surface area (TPSA) is 33.6 Å². The van der Waals surface area contributed by atoms with Crippen molar-refractivity contribution in [3.63, 3.8) is 0 Å². The largest absolute Gasteiger partial charge is 0.329 e. The number of nitrogens with zero attached hydrogens (tertiary/aromatic N) is 2. The highest BCUT2D eigenvalue weighted by Gasteiger charge is 2.12. The summed E-state index contributed by atoms with van der Waals surface area (Å²) in [5.41, 5.74) is 4.85. The van der Waals surface area contributed by atoms with Crippen molar-refractivity contribution in [3.05, 3.63) is 51.4 Å². The fourth-order valence-corrected chi connectivity index (χ4v) is 2.63. The summed E-state index contributed by atoms with van der Waals surface area (Å²) in [6.07, 6.45) is 1.78. The van der Waals surface area contributed by atoms with Crippen LogP contribution in [-0.4, -0.2) is 14.5 Å². The second kappa shape index (κ2) is 4.47. The van der Waals surface area contributed by atoms with E-state index >= 15 is 0 Å². The van der Waals surface area contributed by atoms with Crippen LogP contribution in [0, 0.1) is 18.6 Å². The summed E-state index contributed by atoms with van der Waals surface area (Å²) in [5, 5.41) is 0.658. The minimum Gasteiger partial charge on any atom is -0.329 e. The number of aryl methyl sites for hydroxylation is 2. The lowest BCUT2D eigenvalue weighted by Gasteiger charge is -2.07. The molecule has 0 bridgehead atoms. The molecular weight excluding hydrogens is 278 g/mol. The maximum absolute atomic E-state index is 6.29. The van der Waals surface area contributed by atoms with Gasteiger partial charge in [0.1, 0.15) is 0 Å². The highest BCUT2D eigenvalue weighted by Crippen LogP contribution is 2.26. The average molecular weight is 290 g/mol. The van der Waals surface area contributed by atoms with Crippen LogP contribution in [0.1, 0.15) is 11.1 Å². The third kappa shape index (κ3) is 1.97. The van der Waals surface area contributed by atoms with Crippen LogP contribution in [0.5, 0.6) is 0 Å². The van der Waals surface area contributed by atoms with Crippen molar-refractivity contribution in [2.75, 3.05) is 0 Å². The number of H-pyrrole nitrogens is 1. The lowest BCUT2D eigenvalue weighted by atomic mass is 10.2. The first kappa shape index (κ1) is 12.4. The van der Waals surface area contributed by atoms with E-state index < -0.39 is 0 Å². The van der Waals surface area contributed by atoms with Crippen LogP contribution in [0.3, 0.4) is 0 Å². The first-order chi connectivity index (χ1) is 9.08. The standard InChI is InChI=1S/C14H12ClN3S/c1-8-3-4-10(15)11(7-8)18-13-12(17-14(18)19)9(2)5-6-16-13/h3-7H,1-2H3,(H,17,19). The molecule has 2 heterocycles. The van der Waals surface area contributed by atoms with Gasteiger partial charge in [0.25, 0.3) is 0 Å². The molecule has 1 N–H and O–H groups in total. The number of aromatic amines is 1. The summed E-state index contributed by atoms with van der Waals surface area (Å²) in [6.45, 7) is 4.05. The van der Waals surface area contributed by atoms with Crippen molar-refractivity contribution < 1.29 is 0 Å². The third-order valence-electron chi connectivity index (χ3n) is 3.13. The molecule has 1 aromatic carbocycles. The van der Waals surface area contributed by atoms with Crippen LogP contribution in [0.4, 0.5) is 0 Å². The van der Waals surface area contributed by atoms with Crippen molar-refractivity contribution >= 4 is 35.0 Å². The molecule has 2 aromatic heterocycles. The van der Waals surface area contributed by atoms with Gasteiger partial charge in [0.05, 0.1) is 16.2 Å². The molecule has 0 aliphatic carbocycles. The Morgan fingerprint density at radius 3 is 2.84 bits per heavy atom. The summed E-state index contributed by atoms with van der Waals surface area (Å²) < 4.78 is 2.48. The molecule has 3 nitrogen and oxygen atoms in total. The Morgan fingerprint density at radius 2 is 2.05 bits per heavy atom. The zero-order valence-electron chi connectivity index (χ0n) is 10.6. The molecule has 96 valence electrons. The number of rotatable bonds is 1. The van der Waals surface area contributed by atoms with Crippen LogP contribution < -0.4 is 0 Å². The van der Waals surface area contributed by atoms with Crippen LogP contribution >= 0.6 is 23.8 Å². The number of imidazole rings is 1. The predicted molar refractivity (Wildman–Crippen MR) is 80.7 cm³/mol. The monoisotopic (exact) mass is 289 g/mol. The van der Waals surface area contributed by atoms with Gasteiger partial charge in [-0.2, -0.15) is 0 Å². The summed E-state index contributed by atoms with van der Waals surface area (Å²) in [4.78, 5) is 7.61. The van der Waals surface area contributed by atoms with Gasteiger partial charge in [0.2, 0.25) is 0 Å². The molecule has 3 rings (SSSR count). The van der Waals surface area contributed by atoms with Gasteiger partial charge in [0, 0.05) is 6.20 Å². The minimum absolute atomic E-state index is 0.601. The molecule has 3 aromatic rings. The van der Waals surface area contributed by atoms with Crippen LogP contribution in [0.2, 0.25) is 5.02 Å². The number of hydrogen-bond acceptors (Lipinski definition) is 2. The lowest BCUT2D eigenvalue weighted by Crippen LogP contribution is -1.97.